The summed E-state index contributed by atoms with van der Waals surface area (Å²) < 4.78 is 27.7. The van der Waals surface area contributed by atoms with Gasteiger partial charge in [0.1, 0.15) is 18.0 Å². The zero-order chi connectivity index (χ0) is 17.2. The van der Waals surface area contributed by atoms with E-state index >= 15 is 0 Å². The normalized spacial score (nSPS) is 11.5. The van der Waals surface area contributed by atoms with Gasteiger partial charge in [0.15, 0.2) is 0 Å². The van der Waals surface area contributed by atoms with Gasteiger partial charge >= 0.3 is 0 Å². The van der Waals surface area contributed by atoms with Gasteiger partial charge in [0.2, 0.25) is 0 Å². The molecule has 1 heterocycles. The summed E-state index contributed by atoms with van der Waals surface area (Å²) in [5, 5.41) is 10.2. The Morgan fingerprint density at radius 1 is 0.958 bits per heavy atom. The van der Waals surface area contributed by atoms with Gasteiger partial charge in [0.25, 0.3) is 0 Å². The van der Waals surface area contributed by atoms with Crippen molar-refractivity contribution in [2.75, 3.05) is 46.8 Å². The number of hydrogen-bond donors (Lipinski definition) is 1. The molecule has 0 saturated heterocycles. The lowest BCUT2D eigenvalue weighted by Gasteiger charge is -2.05. The van der Waals surface area contributed by atoms with Crippen LogP contribution in [0.4, 0.5) is 0 Å². The van der Waals surface area contributed by atoms with Gasteiger partial charge in [-0.2, -0.15) is 0 Å². The van der Waals surface area contributed by atoms with Crippen LogP contribution in [-0.2, 0) is 32.2 Å². The molecule has 0 unspecified atom stereocenters. The largest absolute Gasteiger partial charge is 0.457 e. The summed E-state index contributed by atoms with van der Waals surface area (Å²) in [5.74, 6) is 0.740. The summed E-state index contributed by atoms with van der Waals surface area (Å²) in [6.07, 6.45) is 0. The van der Waals surface area contributed by atoms with Crippen molar-refractivity contribution in [1.29, 1.82) is 0 Å². The number of hydrogen-bond acceptors (Lipinski definition) is 6. The van der Waals surface area contributed by atoms with Gasteiger partial charge in [-0.3, -0.25) is 0 Å². The molecule has 0 aliphatic heterocycles. The first-order valence-electron chi connectivity index (χ1n) is 7.78. The number of benzene rings is 1. The lowest BCUT2D eigenvalue weighted by Crippen LogP contribution is -2.11. The van der Waals surface area contributed by atoms with Gasteiger partial charge in [-0.15, -0.1) is 0 Å². The molecule has 1 aromatic heterocycles. The van der Waals surface area contributed by atoms with Crippen LogP contribution < -0.4 is 0 Å². The summed E-state index contributed by atoms with van der Waals surface area (Å²) in [6, 6.07) is 5.67. The minimum absolute atomic E-state index is 0.00191. The summed E-state index contributed by atoms with van der Waals surface area (Å²) in [7, 11) is 1.64. The van der Waals surface area contributed by atoms with Crippen molar-refractivity contribution in [2.24, 2.45) is 0 Å². The van der Waals surface area contributed by atoms with E-state index < -0.39 is 0 Å². The fourth-order valence-corrected chi connectivity index (χ4v) is 2.74. The average molecular weight is 403 g/mol. The first kappa shape index (κ1) is 19.4. The molecule has 134 valence electrons. The summed E-state index contributed by atoms with van der Waals surface area (Å²) in [4.78, 5) is 0. The van der Waals surface area contributed by atoms with Crippen LogP contribution in [0.25, 0.3) is 11.0 Å². The molecule has 0 aliphatic rings. The van der Waals surface area contributed by atoms with E-state index in [1.807, 2.05) is 18.2 Å². The van der Waals surface area contributed by atoms with E-state index in [1.165, 1.54) is 0 Å². The fraction of sp³-hybridized carbons (Fsp3) is 0.529. The molecule has 0 fully saturated rings. The van der Waals surface area contributed by atoms with E-state index in [4.69, 9.17) is 23.4 Å². The molecule has 24 heavy (non-hydrogen) atoms. The third-order valence-corrected chi connectivity index (χ3v) is 3.87. The van der Waals surface area contributed by atoms with Gasteiger partial charge in [-0.05, 0) is 39.7 Å². The maximum Gasteiger partial charge on any atom is 0.148 e. The van der Waals surface area contributed by atoms with Crippen LogP contribution in [0.1, 0.15) is 11.3 Å². The zero-order valence-electron chi connectivity index (χ0n) is 13.8. The van der Waals surface area contributed by atoms with Crippen molar-refractivity contribution < 1.29 is 28.5 Å². The molecule has 2 rings (SSSR count). The fourth-order valence-electron chi connectivity index (χ4n) is 2.14. The highest BCUT2D eigenvalue weighted by Crippen LogP contribution is 2.29. The number of halogens is 1. The number of rotatable bonds is 12. The van der Waals surface area contributed by atoms with E-state index in [-0.39, 0.29) is 6.61 Å². The van der Waals surface area contributed by atoms with Crippen molar-refractivity contribution in [3.05, 3.63) is 34.0 Å². The van der Waals surface area contributed by atoms with Gasteiger partial charge in [-0.25, -0.2) is 0 Å². The van der Waals surface area contributed by atoms with Crippen LogP contribution >= 0.6 is 15.9 Å². The highest BCUT2D eigenvalue weighted by Gasteiger charge is 2.09. The van der Waals surface area contributed by atoms with Gasteiger partial charge in [0, 0.05) is 12.5 Å². The molecule has 0 atom stereocenters. The third kappa shape index (κ3) is 6.16. The smallest absolute Gasteiger partial charge is 0.148 e. The molecule has 0 bridgehead atoms. The number of ether oxygens (including phenoxy) is 4. The zero-order valence-corrected chi connectivity index (χ0v) is 15.3. The van der Waals surface area contributed by atoms with Gasteiger partial charge < -0.3 is 28.5 Å². The Morgan fingerprint density at radius 3 is 2.29 bits per heavy atom. The lowest BCUT2D eigenvalue weighted by atomic mass is 10.2. The van der Waals surface area contributed by atoms with Crippen LogP contribution in [0.5, 0.6) is 0 Å². The maximum absolute atomic E-state index is 9.23. The molecule has 7 heteroatoms. The molecule has 0 amide bonds. The predicted molar refractivity (Wildman–Crippen MR) is 93.0 cm³/mol. The standard InChI is InChI=1S/C17H23BrO6/c1-20-2-3-21-4-5-22-6-7-23-12-15-10-14-8-13(11-19)9-16(18)17(14)24-15/h8-10,19H,2-7,11-12H2,1H3. The maximum atomic E-state index is 9.23. The van der Waals surface area contributed by atoms with Gasteiger partial charge in [0.05, 0.1) is 50.7 Å². The van der Waals surface area contributed by atoms with Crippen molar-refractivity contribution in [3.63, 3.8) is 0 Å². The van der Waals surface area contributed by atoms with Crippen molar-refractivity contribution in [3.8, 4) is 0 Å². The Kier molecular flexibility index (Phi) is 8.72. The Bertz CT molecular complexity index is 612. The van der Waals surface area contributed by atoms with Crippen LogP contribution in [0.2, 0.25) is 0 Å². The number of fused-ring (bicyclic) bond motifs is 1. The molecular weight excluding hydrogens is 380 g/mol. The second-order valence-electron chi connectivity index (χ2n) is 5.14. The first-order chi connectivity index (χ1) is 11.7. The van der Waals surface area contributed by atoms with Crippen LogP contribution in [0.3, 0.4) is 0 Å². The molecule has 6 nitrogen and oxygen atoms in total. The number of furan rings is 1. The van der Waals surface area contributed by atoms with Crippen molar-refractivity contribution in [2.45, 2.75) is 13.2 Å². The van der Waals surface area contributed by atoms with E-state index in [0.717, 1.165) is 26.8 Å². The molecule has 1 N–H and O–H groups in total. The average Bonchev–Trinajstić information content (AvgIpc) is 3.00. The molecule has 0 saturated carbocycles. The third-order valence-electron chi connectivity index (χ3n) is 3.28. The SMILES string of the molecule is COCCOCCOCCOCc1cc2cc(CO)cc(Br)c2o1. The highest BCUT2D eigenvalue weighted by atomic mass is 79.9. The van der Waals surface area contributed by atoms with Crippen LogP contribution in [-0.4, -0.2) is 51.9 Å². The second-order valence-corrected chi connectivity index (χ2v) is 5.99. The topological polar surface area (TPSA) is 70.3 Å². The predicted octanol–water partition coefficient (Wildman–Crippen LogP) is 2.88. The van der Waals surface area contributed by atoms with E-state index in [0.29, 0.717) is 46.2 Å². The van der Waals surface area contributed by atoms with Crippen molar-refractivity contribution in [1.82, 2.24) is 0 Å². The minimum Gasteiger partial charge on any atom is -0.457 e. The number of aliphatic hydroxyl groups excluding tert-OH is 1. The highest BCUT2D eigenvalue weighted by molar-refractivity contribution is 9.10. The van der Waals surface area contributed by atoms with Crippen LogP contribution in [0, 0.1) is 0 Å². The summed E-state index contributed by atoms with van der Waals surface area (Å²) in [5.41, 5.74) is 1.60. The minimum atomic E-state index is -0.00191. The quantitative estimate of drug-likeness (QED) is 0.550. The molecule has 0 aliphatic carbocycles. The van der Waals surface area contributed by atoms with Crippen LogP contribution in [0.15, 0.2) is 27.1 Å². The molecule has 1 aromatic carbocycles. The van der Waals surface area contributed by atoms with Crippen molar-refractivity contribution >= 4 is 26.9 Å². The van der Waals surface area contributed by atoms with E-state index in [9.17, 15) is 5.11 Å². The molecule has 0 spiro atoms. The molecule has 0 radical (unpaired) electrons. The summed E-state index contributed by atoms with van der Waals surface area (Å²) >= 11 is 3.45. The molecular formula is C17H23BrO6. The first-order valence-corrected chi connectivity index (χ1v) is 8.57. The Morgan fingerprint density at radius 2 is 1.62 bits per heavy atom. The number of aliphatic hydroxyl groups is 1. The number of methoxy groups -OCH3 is 1. The van der Waals surface area contributed by atoms with Gasteiger partial charge in [-0.1, -0.05) is 0 Å². The Balaban J connectivity index is 1.64. The Labute approximate surface area is 149 Å². The summed E-state index contributed by atoms with van der Waals surface area (Å²) in [6.45, 7) is 3.63. The second kappa shape index (κ2) is 10.8. The Hall–Kier alpha value is -0.960. The van der Waals surface area contributed by atoms with E-state index in [2.05, 4.69) is 15.9 Å². The van der Waals surface area contributed by atoms with E-state index in [1.54, 1.807) is 7.11 Å². The lowest BCUT2D eigenvalue weighted by molar-refractivity contribution is -0.00109. The monoisotopic (exact) mass is 402 g/mol. The molecule has 2 aromatic rings.